The van der Waals surface area contributed by atoms with E-state index in [2.05, 4.69) is 21.8 Å². The second-order valence-electron chi connectivity index (χ2n) is 9.71. The Hall–Kier alpha value is -4.66. The normalized spacial score (nSPS) is 13.2. The van der Waals surface area contributed by atoms with E-state index >= 15 is 0 Å². The lowest BCUT2D eigenvalue weighted by Crippen LogP contribution is -2.44. The van der Waals surface area contributed by atoms with Crippen molar-refractivity contribution < 1.29 is 19.1 Å². The third-order valence-corrected chi connectivity index (χ3v) is 7.06. The van der Waals surface area contributed by atoms with E-state index in [0.717, 1.165) is 19.4 Å². The molecule has 0 fully saturated rings. The van der Waals surface area contributed by atoms with Gasteiger partial charge in [0, 0.05) is 41.3 Å². The number of likely N-dealkylation sites (N-methyl/N-ethyl adjacent to an activating group) is 1. The summed E-state index contributed by atoms with van der Waals surface area (Å²) in [4.78, 5) is 39.0. The number of benzene rings is 1. The minimum absolute atomic E-state index is 0.114. The first-order chi connectivity index (χ1) is 20.1. The molecule has 2 unspecified atom stereocenters. The Morgan fingerprint density at radius 1 is 1.29 bits per heavy atom. The summed E-state index contributed by atoms with van der Waals surface area (Å²) in [5.74, 6) is -0.778. The summed E-state index contributed by atoms with van der Waals surface area (Å²) in [7, 11) is 5.05. The molecule has 3 aromatic rings. The number of anilines is 1. The number of halogens is 1. The summed E-state index contributed by atoms with van der Waals surface area (Å²) in [6.45, 7) is 2.77. The maximum Gasteiger partial charge on any atom is 0.252 e. The van der Waals surface area contributed by atoms with Crippen molar-refractivity contribution in [2.75, 3.05) is 33.1 Å². The SMILES string of the molecule is CNCCCC(C)C(C(=O)Nc1ccn2ncc(C(N)=O)c2c1)N(C)/C=C(OC)\C(=C/C=O)c1cc(Cl)ccc1C#N. The van der Waals surface area contributed by atoms with Crippen molar-refractivity contribution in [2.24, 2.45) is 11.7 Å². The topological polar surface area (TPSA) is 155 Å². The van der Waals surface area contributed by atoms with Gasteiger partial charge in [-0.3, -0.25) is 14.4 Å². The highest BCUT2D eigenvalue weighted by atomic mass is 35.5. The molecule has 0 aliphatic rings. The van der Waals surface area contributed by atoms with Gasteiger partial charge in [-0.15, -0.1) is 0 Å². The summed E-state index contributed by atoms with van der Waals surface area (Å²) in [5, 5.41) is 20.3. The molecule has 2 aromatic heterocycles. The van der Waals surface area contributed by atoms with Crippen molar-refractivity contribution >= 4 is 46.5 Å². The third kappa shape index (κ3) is 7.54. The van der Waals surface area contributed by atoms with Gasteiger partial charge in [0.1, 0.15) is 18.1 Å². The number of pyridine rings is 1. The van der Waals surface area contributed by atoms with Crippen molar-refractivity contribution in [1.29, 1.82) is 5.26 Å². The van der Waals surface area contributed by atoms with E-state index in [1.165, 1.54) is 23.9 Å². The molecule has 2 amide bonds. The van der Waals surface area contributed by atoms with Gasteiger partial charge in [0.15, 0.2) is 0 Å². The number of carbonyl (C=O) groups is 3. The van der Waals surface area contributed by atoms with Gasteiger partial charge in [0.2, 0.25) is 5.91 Å². The molecule has 0 spiro atoms. The summed E-state index contributed by atoms with van der Waals surface area (Å²) < 4.78 is 7.17. The molecular formula is C30H34ClN7O4. The van der Waals surface area contributed by atoms with Crippen LogP contribution in [0.1, 0.15) is 41.3 Å². The first kappa shape index (κ1) is 31.9. The van der Waals surface area contributed by atoms with Crippen LogP contribution in [0.5, 0.6) is 0 Å². The Morgan fingerprint density at radius 3 is 2.69 bits per heavy atom. The number of nitriles is 1. The van der Waals surface area contributed by atoms with Crippen LogP contribution in [0.2, 0.25) is 5.02 Å². The average molecular weight is 592 g/mol. The van der Waals surface area contributed by atoms with Crippen LogP contribution in [0, 0.1) is 17.2 Å². The minimum atomic E-state index is -0.670. The number of fused-ring (bicyclic) bond motifs is 1. The zero-order valence-corrected chi connectivity index (χ0v) is 24.7. The molecule has 2 atom stereocenters. The number of methoxy groups -OCH3 is 1. The number of hydrogen-bond donors (Lipinski definition) is 3. The van der Waals surface area contributed by atoms with Crippen molar-refractivity contribution in [2.45, 2.75) is 25.8 Å². The summed E-state index contributed by atoms with van der Waals surface area (Å²) >= 11 is 6.21. The quantitative estimate of drug-likeness (QED) is 0.0844. The number of rotatable bonds is 14. The number of nitrogens with one attached hydrogen (secondary N) is 2. The fraction of sp³-hybridized carbons (Fsp3) is 0.300. The Bertz CT molecular complexity index is 1560. The summed E-state index contributed by atoms with van der Waals surface area (Å²) in [6, 6.07) is 9.49. The van der Waals surface area contributed by atoms with Gasteiger partial charge in [-0.05, 0) is 68.8 Å². The maximum atomic E-state index is 13.8. The molecule has 11 nitrogen and oxygen atoms in total. The van der Waals surface area contributed by atoms with Gasteiger partial charge in [-0.1, -0.05) is 18.5 Å². The van der Waals surface area contributed by atoms with E-state index in [4.69, 9.17) is 22.1 Å². The average Bonchev–Trinajstić information content (AvgIpc) is 3.39. The fourth-order valence-corrected chi connectivity index (χ4v) is 4.95. The van der Waals surface area contributed by atoms with Crippen LogP contribution < -0.4 is 16.4 Å². The number of carbonyl (C=O) groups excluding carboxylic acids is 3. The molecule has 0 saturated heterocycles. The van der Waals surface area contributed by atoms with E-state index in [0.29, 0.717) is 39.2 Å². The van der Waals surface area contributed by atoms with Crippen molar-refractivity contribution in [3.8, 4) is 6.07 Å². The number of nitrogens with two attached hydrogens (primary N) is 1. The lowest BCUT2D eigenvalue weighted by Gasteiger charge is -2.32. The van der Waals surface area contributed by atoms with Gasteiger partial charge in [0.05, 0.1) is 36.0 Å². The number of aromatic nitrogens is 2. The molecule has 0 aliphatic heterocycles. The molecule has 0 bridgehead atoms. The van der Waals surface area contributed by atoms with Gasteiger partial charge in [0.25, 0.3) is 5.91 Å². The molecule has 2 heterocycles. The zero-order valence-electron chi connectivity index (χ0n) is 23.9. The number of amides is 2. The predicted octanol–water partition coefficient (Wildman–Crippen LogP) is 3.60. The van der Waals surface area contributed by atoms with Crippen LogP contribution in [0.15, 0.2) is 60.8 Å². The summed E-state index contributed by atoms with van der Waals surface area (Å²) in [5.41, 5.74) is 7.70. The Morgan fingerprint density at radius 2 is 2.05 bits per heavy atom. The number of allylic oxidation sites excluding steroid dienone is 2. The smallest absolute Gasteiger partial charge is 0.252 e. The lowest BCUT2D eigenvalue weighted by molar-refractivity contribution is -0.121. The van der Waals surface area contributed by atoms with Crippen molar-refractivity contribution in [3.05, 3.63) is 82.5 Å². The highest BCUT2D eigenvalue weighted by molar-refractivity contribution is 6.30. The third-order valence-electron chi connectivity index (χ3n) is 6.82. The predicted molar refractivity (Wildman–Crippen MR) is 162 cm³/mol. The van der Waals surface area contributed by atoms with Crippen molar-refractivity contribution in [3.63, 3.8) is 0 Å². The molecule has 0 saturated carbocycles. The monoisotopic (exact) mass is 591 g/mol. The van der Waals surface area contributed by atoms with E-state index in [1.807, 2.05) is 14.0 Å². The number of primary amides is 1. The standard InChI is InChI=1S/C30H34ClN7O4/c1-19(6-5-11-34-2)28(30(41)36-22-9-12-38-26(15-22)25(17-35-38)29(33)40)37(3)18-27(42-4)23(10-13-39)24-14-21(31)8-7-20(24)16-32/h7-10,12-15,17-19,28,34H,5-6,11H2,1-4H3,(H2,33,40)(H,36,41)/b23-10-,27-18+. The lowest BCUT2D eigenvalue weighted by atomic mass is 9.94. The first-order valence-corrected chi connectivity index (χ1v) is 13.6. The Kier molecular flexibility index (Phi) is 11.2. The van der Waals surface area contributed by atoms with Crippen LogP contribution in [-0.2, 0) is 14.3 Å². The first-order valence-electron chi connectivity index (χ1n) is 13.2. The van der Waals surface area contributed by atoms with Crippen LogP contribution in [-0.4, -0.2) is 66.4 Å². The Labute approximate surface area is 249 Å². The van der Waals surface area contributed by atoms with Gasteiger partial charge < -0.3 is 26.0 Å². The van der Waals surface area contributed by atoms with E-state index in [1.54, 1.807) is 54.7 Å². The number of hydrogen-bond acceptors (Lipinski definition) is 8. The molecule has 3 rings (SSSR count). The van der Waals surface area contributed by atoms with Crippen LogP contribution >= 0.6 is 11.6 Å². The molecule has 0 aliphatic carbocycles. The number of ether oxygens (including phenoxy) is 1. The zero-order chi connectivity index (χ0) is 30.8. The van der Waals surface area contributed by atoms with Crippen molar-refractivity contribution in [1.82, 2.24) is 19.8 Å². The molecule has 0 radical (unpaired) electrons. The van der Waals surface area contributed by atoms with Gasteiger partial charge in [-0.2, -0.15) is 10.4 Å². The Balaban J connectivity index is 2.01. The molecule has 220 valence electrons. The summed E-state index contributed by atoms with van der Waals surface area (Å²) in [6.07, 6.45) is 8.09. The second kappa shape index (κ2) is 14.8. The largest absolute Gasteiger partial charge is 0.495 e. The molecule has 42 heavy (non-hydrogen) atoms. The van der Waals surface area contributed by atoms with E-state index in [9.17, 15) is 19.6 Å². The molecule has 12 heteroatoms. The number of nitrogens with zero attached hydrogens (tertiary/aromatic N) is 4. The molecular weight excluding hydrogens is 558 g/mol. The molecule has 4 N–H and O–H groups in total. The highest BCUT2D eigenvalue weighted by Gasteiger charge is 2.29. The van der Waals surface area contributed by atoms with E-state index < -0.39 is 11.9 Å². The van der Waals surface area contributed by atoms with Crippen LogP contribution in [0.25, 0.3) is 11.1 Å². The van der Waals surface area contributed by atoms with Gasteiger partial charge in [-0.25, -0.2) is 4.52 Å². The van der Waals surface area contributed by atoms with E-state index in [-0.39, 0.29) is 23.1 Å². The van der Waals surface area contributed by atoms with Gasteiger partial charge >= 0.3 is 0 Å². The van der Waals surface area contributed by atoms with Crippen LogP contribution in [0.4, 0.5) is 5.69 Å². The minimum Gasteiger partial charge on any atom is -0.495 e. The van der Waals surface area contributed by atoms with Crippen LogP contribution in [0.3, 0.4) is 0 Å². The maximum absolute atomic E-state index is 13.8. The highest BCUT2D eigenvalue weighted by Crippen LogP contribution is 2.30. The fourth-order valence-electron chi connectivity index (χ4n) is 4.77. The molecule has 1 aromatic carbocycles. The number of aldehydes is 1. The second-order valence-corrected chi connectivity index (χ2v) is 10.1.